The molecule has 4 rings (SSSR count). The van der Waals surface area contributed by atoms with Gasteiger partial charge in [-0.3, -0.25) is 4.90 Å². The highest BCUT2D eigenvalue weighted by atomic mass is 28.3. The molecule has 2 nitrogen and oxygen atoms in total. The van der Waals surface area contributed by atoms with Gasteiger partial charge in [0, 0.05) is 12.6 Å². The zero-order chi connectivity index (χ0) is 17.3. The van der Waals surface area contributed by atoms with Crippen molar-refractivity contribution in [2.45, 2.75) is 50.5 Å². The van der Waals surface area contributed by atoms with Crippen LogP contribution >= 0.6 is 0 Å². The molecular formula is C22H32N2Si. The zero-order valence-electron chi connectivity index (χ0n) is 15.7. The first-order valence-corrected chi connectivity index (χ1v) is 13.1. The molecule has 25 heavy (non-hydrogen) atoms. The van der Waals surface area contributed by atoms with Gasteiger partial charge in [-0.1, -0.05) is 67.7 Å². The van der Waals surface area contributed by atoms with Crippen LogP contribution in [0.4, 0.5) is 0 Å². The van der Waals surface area contributed by atoms with Crippen molar-refractivity contribution in [3.8, 4) is 0 Å². The van der Waals surface area contributed by atoms with Gasteiger partial charge in [0.25, 0.3) is 0 Å². The van der Waals surface area contributed by atoms with Crippen molar-refractivity contribution in [1.82, 2.24) is 9.88 Å². The van der Waals surface area contributed by atoms with Crippen molar-refractivity contribution in [3.05, 3.63) is 60.2 Å². The molecule has 0 spiro atoms. The summed E-state index contributed by atoms with van der Waals surface area (Å²) in [7, 11) is -1.52. The van der Waals surface area contributed by atoms with Gasteiger partial charge in [0.1, 0.15) is 8.24 Å². The second-order valence-electron chi connectivity index (χ2n) is 8.64. The first kappa shape index (κ1) is 17.3. The van der Waals surface area contributed by atoms with Gasteiger partial charge in [-0.15, -0.1) is 0 Å². The lowest BCUT2D eigenvalue weighted by atomic mass is 9.89. The summed E-state index contributed by atoms with van der Waals surface area (Å²) in [5.41, 5.74) is 2.24. The molecule has 3 aliphatic rings. The summed E-state index contributed by atoms with van der Waals surface area (Å²) in [5, 5.41) is 0. The van der Waals surface area contributed by atoms with Crippen LogP contribution < -0.4 is 4.98 Å². The predicted octanol–water partition coefficient (Wildman–Crippen LogP) is 4.58. The molecule has 1 aliphatic heterocycles. The Labute approximate surface area is 154 Å². The van der Waals surface area contributed by atoms with E-state index < -0.39 is 8.24 Å². The van der Waals surface area contributed by atoms with Crippen LogP contribution in [-0.2, 0) is 6.54 Å². The molecule has 134 valence electrons. The van der Waals surface area contributed by atoms with E-state index in [2.05, 4.69) is 77.6 Å². The Hall–Kier alpha value is -1.16. The molecule has 4 atom stereocenters. The summed E-state index contributed by atoms with van der Waals surface area (Å²) in [6, 6.07) is 11.7. The van der Waals surface area contributed by atoms with E-state index in [-0.39, 0.29) is 0 Å². The van der Waals surface area contributed by atoms with E-state index in [0.717, 1.165) is 30.0 Å². The normalized spacial score (nSPS) is 32.2. The summed E-state index contributed by atoms with van der Waals surface area (Å²) in [6.45, 7) is 8.75. The molecular weight excluding hydrogens is 320 g/mol. The van der Waals surface area contributed by atoms with Crippen molar-refractivity contribution < 1.29 is 0 Å². The van der Waals surface area contributed by atoms with Gasteiger partial charge >= 0.3 is 0 Å². The molecule has 0 bridgehead atoms. The summed E-state index contributed by atoms with van der Waals surface area (Å²) < 4.78 is 0. The lowest BCUT2D eigenvalue weighted by Gasteiger charge is -2.35. The van der Waals surface area contributed by atoms with Gasteiger partial charge in [0.05, 0.1) is 0 Å². The Morgan fingerprint density at radius 3 is 2.40 bits per heavy atom. The maximum atomic E-state index is 4.02. The smallest absolute Gasteiger partial charge is 0.123 e. The van der Waals surface area contributed by atoms with Crippen LogP contribution in [0.3, 0.4) is 0 Å². The van der Waals surface area contributed by atoms with Crippen LogP contribution in [0.1, 0.15) is 24.8 Å². The maximum absolute atomic E-state index is 4.02. The first-order valence-electron chi connectivity index (χ1n) is 10.0. The van der Waals surface area contributed by atoms with Gasteiger partial charge in [0.15, 0.2) is 0 Å². The highest BCUT2D eigenvalue weighted by molar-refractivity contribution is 6.76. The largest absolute Gasteiger partial charge is 0.333 e. The third-order valence-electron chi connectivity index (χ3n) is 6.75. The minimum atomic E-state index is -1.52. The predicted molar refractivity (Wildman–Crippen MR) is 109 cm³/mol. The second kappa shape index (κ2) is 7.22. The van der Waals surface area contributed by atoms with Crippen molar-refractivity contribution >= 4 is 8.24 Å². The van der Waals surface area contributed by atoms with E-state index >= 15 is 0 Å². The molecule has 0 aromatic heterocycles. The molecule has 1 aromatic carbocycles. The van der Waals surface area contributed by atoms with Crippen molar-refractivity contribution in [2.75, 3.05) is 13.1 Å². The number of hydrogen-bond donors (Lipinski definition) is 1. The lowest BCUT2D eigenvalue weighted by molar-refractivity contribution is 0.210. The fraction of sp³-hybridized carbons (Fsp3) is 0.545. The van der Waals surface area contributed by atoms with Gasteiger partial charge in [-0.25, -0.2) is 0 Å². The zero-order valence-corrected chi connectivity index (χ0v) is 16.7. The van der Waals surface area contributed by atoms with Crippen LogP contribution in [0.15, 0.2) is 54.6 Å². The summed E-state index contributed by atoms with van der Waals surface area (Å²) in [6.07, 6.45) is 13.8. The van der Waals surface area contributed by atoms with E-state index in [1.165, 1.54) is 37.9 Å². The summed E-state index contributed by atoms with van der Waals surface area (Å²) in [4.78, 5) is 6.82. The number of likely N-dealkylation sites (tertiary alicyclic amines) is 1. The summed E-state index contributed by atoms with van der Waals surface area (Å²) in [5.74, 6) is 1.47. The van der Waals surface area contributed by atoms with Crippen LogP contribution in [-0.4, -0.2) is 32.3 Å². The highest BCUT2D eigenvalue weighted by Crippen LogP contribution is 2.50. The lowest BCUT2D eigenvalue weighted by Crippen LogP contribution is -2.49. The third kappa shape index (κ3) is 3.55. The van der Waals surface area contributed by atoms with Crippen molar-refractivity contribution in [3.63, 3.8) is 0 Å². The second-order valence-corrected chi connectivity index (χ2v) is 13.2. The fourth-order valence-electron chi connectivity index (χ4n) is 5.30. The van der Waals surface area contributed by atoms with Crippen molar-refractivity contribution in [1.29, 1.82) is 0 Å². The van der Waals surface area contributed by atoms with Gasteiger partial charge in [0.2, 0.25) is 0 Å². The molecule has 1 heterocycles. The highest BCUT2D eigenvalue weighted by Gasteiger charge is 2.50. The Kier molecular flexibility index (Phi) is 4.98. The molecule has 1 aromatic rings. The van der Waals surface area contributed by atoms with Crippen LogP contribution in [0, 0.1) is 11.8 Å². The number of nitrogens with one attached hydrogen (secondary N) is 1. The standard InChI is InChI=1S/C22H32N2Si/c1-25(2,23-17-18-10-4-3-5-11-18)22-16-21(24-14-8-9-15-24)19-12-6-7-13-20(19)22/h3-7,10-13,19-23H,8-9,14-17H2,1-2H3. The molecule has 1 N–H and O–H groups in total. The minimum absolute atomic E-state index is 0.735. The first-order chi connectivity index (χ1) is 12.1. The number of hydrogen-bond acceptors (Lipinski definition) is 2. The van der Waals surface area contributed by atoms with E-state index in [1.807, 2.05) is 0 Å². The fourth-order valence-corrected chi connectivity index (χ4v) is 8.35. The monoisotopic (exact) mass is 352 g/mol. The van der Waals surface area contributed by atoms with E-state index in [4.69, 9.17) is 0 Å². The molecule has 1 saturated carbocycles. The average molecular weight is 353 g/mol. The van der Waals surface area contributed by atoms with Crippen molar-refractivity contribution in [2.24, 2.45) is 11.8 Å². The maximum Gasteiger partial charge on any atom is 0.123 e. The number of allylic oxidation sites excluding steroid dienone is 3. The van der Waals surface area contributed by atoms with E-state index in [1.54, 1.807) is 0 Å². The average Bonchev–Trinajstić information content (AvgIpc) is 3.28. The molecule has 0 radical (unpaired) electrons. The van der Waals surface area contributed by atoms with Crippen LogP contribution in [0.2, 0.25) is 18.6 Å². The number of fused-ring (bicyclic) bond motifs is 1. The Bertz CT molecular complexity index is 631. The number of nitrogens with zero attached hydrogens (tertiary/aromatic N) is 1. The molecule has 3 heteroatoms. The Morgan fingerprint density at radius 1 is 1.00 bits per heavy atom. The van der Waals surface area contributed by atoms with Crippen LogP contribution in [0.25, 0.3) is 0 Å². The van der Waals surface area contributed by atoms with Gasteiger partial charge in [-0.2, -0.15) is 0 Å². The third-order valence-corrected chi connectivity index (χ3v) is 10.3. The number of rotatable bonds is 5. The summed E-state index contributed by atoms with van der Waals surface area (Å²) >= 11 is 0. The Balaban J connectivity index is 1.49. The van der Waals surface area contributed by atoms with E-state index in [9.17, 15) is 0 Å². The molecule has 1 saturated heterocycles. The SMILES string of the molecule is C[Si](C)(NCc1ccccc1)C1CC(N2CCCC2)C2C=CC=CC21. The molecule has 0 amide bonds. The Morgan fingerprint density at radius 2 is 1.68 bits per heavy atom. The van der Waals surface area contributed by atoms with Gasteiger partial charge in [-0.05, 0) is 55.3 Å². The van der Waals surface area contributed by atoms with Crippen LogP contribution in [0.5, 0.6) is 0 Å². The topological polar surface area (TPSA) is 15.3 Å². The molecule has 2 fully saturated rings. The quantitative estimate of drug-likeness (QED) is 0.781. The van der Waals surface area contributed by atoms with E-state index in [0.29, 0.717) is 0 Å². The van der Waals surface area contributed by atoms with Gasteiger partial charge < -0.3 is 4.98 Å². The molecule has 4 unspecified atom stereocenters. The molecule has 2 aliphatic carbocycles. The number of benzene rings is 1. The minimum Gasteiger partial charge on any atom is -0.333 e.